The monoisotopic (exact) mass is 476 g/mol. The minimum atomic E-state index is -4.07. The molecule has 1 aliphatic rings. The number of hydrogen-bond donors (Lipinski definition) is 1. The molecule has 0 radical (unpaired) electrons. The third kappa shape index (κ3) is 4.09. The molecule has 1 aromatic carbocycles. The first-order chi connectivity index (χ1) is 16.0. The fourth-order valence-electron chi connectivity index (χ4n) is 3.41. The third-order valence-corrected chi connectivity index (χ3v) is 5.57. The van der Waals surface area contributed by atoms with Crippen LogP contribution in [-0.2, 0) is 7.05 Å². The topological polar surface area (TPSA) is 97.8 Å². The Balaban J connectivity index is 1.64. The number of carbonyl (C=O) groups is 1. The number of halogens is 4. The van der Waals surface area contributed by atoms with Crippen LogP contribution in [0.3, 0.4) is 0 Å². The molecule has 1 atom stereocenters. The van der Waals surface area contributed by atoms with Gasteiger partial charge in [0.05, 0.1) is 23.4 Å². The first kappa shape index (κ1) is 23.3. The predicted octanol–water partition coefficient (Wildman–Crippen LogP) is 3.84. The van der Waals surface area contributed by atoms with Gasteiger partial charge in [-0.1, -0.05) is 12.1 Å². The van der Waals surface area contributed by atoms with Gasteiger partial charge < -0.3 is 10.1 Å². The van der Waals surface area contributed by atoms with Gasteiger partial charge in [-0.3, -0.25) is 4.79 Å². The second kappa shape index (κ2) is 8.16. The number of amides is 1. The Bertz CT molecular complexity index is 1300. The van der Waals surface area contributed by atoms with Crippen LogP contribution in [0.15, 0.2) is 30.6 Å². The summed E-state index contributed by atoms with van der Waals surface area (Å²) in [6, 6.07) is 6.29. The molecule has 12 heteroatoms. The van der Waals surface area contributed by atoms with Gasteiger partial charge in [-0.25, -0.2) is 18.1 Å². The van der Waals surface area contributed by atoms with E-state index in [2.05, 4.69) is 20.3 Å². The van der Waals surface area contributed by atoms with Crippen molar-refractivity contribution in [3.63, 3.8) is 0 Å². The SMILES string of the molecule is Cc1c(OC(F)(F)C(C)F)nn(C)c1-n1cc(-c2cccc(C(=O)NC3(C#N)CC3)c2F)cn1. The average Bonchev–Trinajstić information content (AvgIpc) is 3.28. The first-order valence-electron chi connectivity index (χ1n) is 10.3. The number of aromatic nitrogens is 4. The molecule has 1 fully saturated rings. The molecule has 0 saturated heterocycles. The molecule has 34 heavy (non-hydrogen) atoms. The Hall–Kier alpha value is -3.88. The molecular weight excluding hydrogens is 456 g/mol. The minimum absolute atomic E-state index is 0.0785. The fourth-order valence-corrected chi connectivity index (χ4v) is 3.41. The molecule has 1 unspecified atom stereocenters. The van der Waals surface area contributed by atoms with Crippen LogP contribution in [0.25, 0.3) is 16.9 Å². The molecule has 2 heterocycles. The summed E-state index contributed by atoms with van der Waals surface area (Å²) in [4.78, 5) is 12.5. The second-order valence-corrected chi connectivity index (χ2v) is 8.15. The standard InChI is InChI=1S/C22H20F4N6O2/c1-12-19(34-22(25,26)13(2)23)30-31(3)20(12)32-10-14(9-28-32)15-5-4-6-16(17(15)24)18(33)29-21(11-27)7-8-21/h4-6,9-10,13H,7-8H2,1-3H3,(H,29,33). The van der Waals surface area contributed by atoms with Gasteiger partial charge in [0.2, 0.25) is 12.1 Å². The number of benzene rings is 1. The molecule has 4 rings (SSSR count). The van der Waals surface area contributed by atoms with Gasteiger partial charge in [0, 0.05) is 24.4 Å². The summed E-state index contributed by atoms with van der Waals surface area (Å²) in [6.07, 6.45) is -2.83. The number of carbonyl (C=O) groups excluding carboxylic acids is 1. The molecule has 1 amide bonds. The molecule has 1 saturated carbocycles. The molecule has 8 nitrogen and oxygen atoms in total. The van der Waals surface area contributed by atoms with Crippen molar-refractivity contribution in [2.24, 2.45) is 7.05 Å². The van der Waals surface area contributed by atoms with Crippen LogP contribution in [0.5, 0.6) is 5.88 Å². The molecule has 1 aliphatic carbocycles. The van der Waals surface area contributed by atoms with E-state index in [1.807, 2.05) is 6.07 Å². The van der Waals surface area contributed by atoms with Crippen LogP contribution < -0.4 is 10.1 Å². The van der Waals surface area contributed by atoms with Crippen LogP contribution >= 0.6 is 0 Å². The smallest absolute Gasteiger partial charge is 0.410 e. The molecule has 0 spiro atoms. The van der Waals surface area contributed by atoms with Crippen molar-refractivity contribution in [3.05, 3.63) is 47.5 Å². The molecule has 0 bridgehead atoms. The van der Waals surface area contributed by atoms with Crippen molar-refractivity contribution in [3.8, 4) is 28.9 Å². The van der Waals surface area contributed by atoms with E-state index in [4.69, 9.17) is 5.26 Å². The number of rotatable bonds is 7. The van der Waals surface area contributed by atoms with Crippen molar-refractivity contribution >= 4 is 5.91 Å². The van der Waals surface area contributed by atoms with E-state index >= 15 is 4.39 Å². The fraction of sp³-hybridized carbons (Fsp3) is 0.364. The van der Waals surface area contributed by atoms with Crippen LogP contribution in [0.2, 0.25) is 0 Å². The summed E-state index contributed by atoms with van der Waals surface area (Å²) >= 11 is 0. The summed E-state index contributed by atoms with van der Waals surface area (Å²) < 4.78 is 62.7. The maximum Gasteiger partial charge on any atom is 0.430 e. The minimum Gasteiger partial charge on any atom is -0.410 e. The highest BCUT2D eigenvalue weighted by molar-refractivity contribution is 5.96. The van der Waals surface area contributed by atoms with E-state index in [1.54, 1.807) is 0 Å². The van der Waals surface area contributed by atoms with Gasteiger partial charge in [-0.05, 0) is 32.8 Å². The summed E-state index contributed by atoms with van der Waals surface area (Å²) in [5.74, 6) is -1.73. The van der Waals surface area contributed by atoms with Crippen LogP contribution in [0.4, 0.5) is 17.6 Å². The summed E-state index contributed by atoms with van der Waals surface area (Å²) in [6.45, 7) is 2.12. The van der Waals surface area contributed by atoms with Crippen LogP contribution in [0.1, 0.15) is 35.7 Å². The Morgan fingerprint density at radius 2 is 2.09 bits per heavy atom. The lowest BCUT2D eigenvalue weighted by molar-refractivity contribution is -0.217. The zero-order chi connectivity index (χ0) is 24.8. The molecule has 1 N–H and O–H groups in total. The quantitative estimate of drug-likeness (QED) is 0.523. The van der Waals surface area contributed by atoms with Crippen LogP contribution in [-0.4, -0.2) is 43.3 Å². The van der Waals surface area contributed by atoms with E-state index in [1.165, 1.54) is 53.9 Å². The number of aryl methyl sites for hydroxylation is 1. The lowest BCUT2D eigenvalue weighted by atomic mass is 10.0. The number of ether oxygens (including phenoxy) is 1. The van der Waals surface area contributed by atoms with Gasteiger partial charge in [0.25, 0.3) is 5.91 Å². The zero-order valence-corrected chi connectivity index (χ0v) is 18.4. The van der Waals surface area contributed by atoms with Gasteiger partial charge in [-0.15, -0.1) is 5.10 Å². The van der Waals surface area contributed by atoms with Gasteiger partial charge in [-0.2, -0.15) is 19.1 Å². The number of nitrogens with zero attached hydrogens (tertiary/aromatic N) is 5. The number of nitrogens with one attached hydrogen (secondary N) is 1. The summed E-state index contributed by atoms with van der Waals surface area (Å²) in [5.41, 5.74) is -0.619. The maximum absolute atomic E-state index is 15.2. The highest BCUT2D eigenvalue weighted by atomic mass is 19.3. The first-order valence-corrected chi connectivity index (χ1v) is 10.3. The van der Waals surface area contributed by atoms with E-state index in [-0.39, 0.29) is 22.5 Å². The van der Waals surface area contributed by atoms with Crippen molar-refractivity contribution in [1.29, 1.82) is 5.26 Å². The van der Waals surface area contributed by atoms with Gasteiger partial charge >= 0.3 is 6.11 Å². The average molecular weight is 476 g/mol. The lowest BCUT2D eigenvalue weighted by Crippen LogP contribution is -2.36. The van der Waals surface area contributed by atoms with E-state index < -0.39 is 35.4 Å². The van der Waals surface area contributed by atoms with E-state index in [9.17, 15) is 18.0 Å². The Kier molecular flexibility index (Phi) is 5.59. The second-order valence-electron chi connectivity index (χ2n) is 8.15. The highest BCUT2D eigenvalue weighted by Gasteiger charge is 2.45. The molecule has 2 aromatic heterocycles. The summed E-state index contributed by atoms with van der Waals surface area (Å²) in [7, 11) is 1.46. The third-order valence-electron chi connectivity index (χ3n) is 5.57. The number of alkyl halides is 3. The maximum atomic E-state index is 15.2. The largest absolute Gasteiger partial charge is 0.430 e. The zero-order valence-electron chi connectivity index (χ0n) is 18.4. The van der Waals surface area contributed by atoms with Gasteiger partial charge in [0.15, 0.2) is 5.82 Å². The van der Waals surface area contributed by atoms with Crippen molar-refractivity contribution in [1.82, 2.24) is 24.9 Å². The van der Waals surface area contributed by atoms with Crippen LogP contribution in [0, 0.1) is 24.1 Å². The predicted molar refractivity (Wildman–Crippen MR) is 112 cm³/mol. The number of nitriles is 1. The normalized spacial score (nSPS) is 15.5. The van der Waals surface area contributed by atoms with Crippen molar-refractivity contribution < 1.29 is 27.1 Å². The molecule has 3 aromatic rings. The molecule has 0 aliphatic heterocycles. The lowest BCUT2D eigenvalue weighted by Gasteiger charge is -2.17. The Morgan fingerprint density at radius 3 is 2.71 bits per heavy atom. The Labute approximate surface area is 191 Å². The van der Waals surface area contributed by atoms with Gasteiger partial charge in [0.1, 0.15) is 11.4 Å². The van der Waals surface area contributed by atoms with E-state index in [0.717, 1.165) is 0 Å². The van der Waals surface area contributed by atoms with E-state index in [0.29, 0.717) is 25.3 Å². The van der Waals surface area contributed by atoms with Crippen molar-refractivity contribution in [2.75, 3.05) is 0 Å². The molecular formula is C22H20F4N6O2. The van der Waals surface area contributed by atoms with Crippen molar-refractivity contribution in [2.45, 2.75) is 44.5 Å². The number of hydrogen-bond acceptors (Lipinski definition) is 5. The Morgan fingerprint density at radius 1 is 1.38 bits per heavy atom. The molecule has 178 valence electrons. The summed E-state index contributed by atoms with van der Waals surface area (Å²) in [5, 5.41) is 19.7. The highest BCUT2D eigenvalue weighted by Crippen LogP contribution is 2.35.